The highest BCUT2D eigenvalue weighted by molar-refractivity contribution is 7.94. The fourth-order valence-electron chi connectivity index (χ4n) is 2.52. The molecule has 0 unspecified atom stereocenters. The highest BCUT2D eigenvalue weighted by Gasteiger charge is 2.22. The van der Waals surface area contributed by atoms with Gasteiger partial charge in [0, 0.05) is 11.4 Å². The molecule has 0 saturated heterocycles. The van der Waals surface area contributed by atoms with Gasteiger partial charge in [0.25, 0.3) is 10.0 Å². The highest BCUT2D eigenvalue weighted by Crippen LogP contribution is 2.29. The van der Waals surface area contributed by atoms with E-state index in [2.05, 4.69) is 23.7 Å². The summed E-state index contributed by atoms with van der Waals surface area (Å²) in [5.41, 5.74) is 2.30. The zero-order valence-corrected chi connectivity index (χ0v) is 16.0. The lowest BCUT2D eigenvalue weighted by Gasteiger charge is -2.11. The van der Waals surface area contributed by atoms with Crippen molar-refractivity contribution >= 4 is 27.0 Å². The second kappa shape index (κ2) is 7.05. The number of aryl methyl sites for hydroxylation is 3. The third-order valence-corrected chi connectivity index (χ3v) is 6.84. The second-order valence-electron chi connectivity index (χ2n) is 6.20. The molecule has 0 saturated carbocycles. The van der Waals surface area contributed by atoms with Gasteiger partial charge in [-0.15, -0.1) is 11.3 Å². The lowest BCUT2D eigenvalue weighted by molar-refractivity contribution is 0.477. The number of rotatable bonds is 7. The summed E-state index contributed by atoms with van der Waals surface area (Å²) in [7, 11) is -3.56. The molecule has 0 amide bonds. The predicted octanol–water partition coefficient (Wildman–Crippen LogP) is 3.97. The Labute approximate surface area is 142 Å². The molecule has 7 heteroatoms. The van der Waals surface area contributed by atoms with Gasteiger partial charge in [0.1, 0.15) is 4.21 Å². The molecule has 0 spiro atoms. The fraction of sp³-hybridized carbons (Fsp3) is 0.562. The number of anilines is 1. The van der Waals surface area contributed by atoms with Crippen LogP contribution in [0, 0.1) is 19.8 Å². The molecule has 1 N–H and O–H groups in total. The SMILES string of the molecule is CCc1c(NS(=O)(=O)c2sc(C)cc2C)cnn1CCC(C)C. The average Bonchev–Trinajstić information content (AvgIpc) is 2.99. The lowest BCUT2D eigenvalue weighted by atomic mass is 10.1. The molecule has 23 heavy (non-hydrogen) atoms. The van der Waals surface area contributed by atoms with E-state index in [1.807, 2.05) is 31.5 Å². The third-order valence-electron chi connectivity index (χ3n) is 3.69. The van der Waals surface area contributed by atoms with Crippen molar-refractivity contribution in [2.24, 2.45) is 5.92 Å². The number of aromatic nitrogens is 2. The Morgan fingerprint density at radius 2 is 2.04 bits per heavy atom. The monoisotopic (exact) mass is 355 g/mol. The predicted molar refractivity (Wildman–Crippen MR) is 95.7 cm³/mol. The van der Waals surface area contributed by atoms with Gasteiger partial charge in [-0.25, -0.2) is 8.42 Å². The largest absolute Gasteiger partial charge is 0.275 e. The van der Waals surface area contributed by atoms with Crippen molar-refractivity contribution in [3.8, 4) is 0 Å². The van der Waals surface area contributed by atoms with E-state index >= 15 is 0 Å². The van der Waals surface area contributed by atoms with Crippen LogP contribution >= 0.6 is 11.3 Å². The minimum absolute atomic E-state index is 0.381. The van der Waals surface area contributed by atoms with E-state index in [0.717, 1.165) is 35.5 Å². The van der Waals surface area contributed by atoms with Crippen LogP contribution in [0.1, 0.15) is 43.3 Å². The molecule has 5 nitrogen and oxygen atoms in total. The molecule has 0 bridgehead atoms. The Morgan fingerprint density at radius 1 is 1.35 bits per heavy atom. The van der Waals surface area contributed by atoms with Crippen LogP contribution in [0.3, 0.4) is 0 Å². The first-order chi connectivity index (χ1) is 10.7. The molecule has 2 rings (SSSR count). The number of sulfonamides is 1. The normalized spacial score (nSPS) is 12.1. The molecular weight excluding hydrogens is 330 g/mol. The van der Waals surface area contributed by atoms with E-state index < -0.39 is 10.0 Å². The standard InChI is InChI=1S/C16H25N3O2S2/c1-6-15-14(10-17-19(15)8-7-11(2)3)18-23(20,21)16-12(4)9-13(5)22-16/h9-11,18H,6-8H2,1-5H3. The maximum absolute atomic E-state index is 12.6. The Bertz CT molecular complexity index is 773. The molecule has 0 fully saturated rings. The van der Waals surface area contributed by atoms with Gasteiger partial charge in [0.2, 0.25) is 0 Å². The maximum Gasteiger partial charge on any atom is 0.271 e. The number of thiophene rings is 1. The zero-order chi connectivity index (χ0) is 17.2. The molecular formula is C16H25N3O2S2. The summed E-state index contributed by atoms with van der Waals surface area (Å²) in [6.07, 6.45) is 3.37. The van der Waals surface area contributed by atoms with Crippen LogP contribution in [0.15, 0.2) is 16.5 Å². The Morgan fingerprint density at radius 3 is 2.57 bits per heavy atom. The first-order valence-corrected chi connectivity index (χ1v) is 10.2. The lowest BCUT2D eigenvalue weighted by Crippen LogP contribution is -2.14. The Kier molecular flexibility index (Phi) is 5.52. The molecule has 2 heterocycles. The van der Waals surface area contributed by atoms with Crippen molar-refractivity contribution in [1.82, 2.24) is 9.78 Å². The van der Waals surface area contributed by atoms with E-state index in [1.165, 1.54) is 11.3 Å². The maximum atomic E-state index is 12.6. The van der Waals surface area contributed by atoms with E-state index in [0.29, 0.717) is 15.8 Å². The third kappa shape index (κ3) is 4.14. The topological polar surface area (TPSA) is 64.0 Å². The summed E-state index contributed by atoms with van der Waals surface area (Å²) in [4.78, 5) is 0.992. The number of hydrogen-bond donors (Lipinski definition) is 1. The summed E-state index contributed by atoms with van der Waals surface area (Å²) in [6.45, 7) is 10.9. The van der Waals surface area contributed by atoms with Crippen molar-refractivity contribution in [3.05, 3.63) is 28.4 Å². The summed E-state index contributed by atoms with van der Waals surface area (Å²) in [6, 6.07) is 1.89. The van der Waals surface area contributed by atoms with Gasteiger partial charge in [-0.2, -0.15) is 5.10 Å². The molecule has 0 aromatic carbocycles. The van der Waals surface area contributed by atoms with Crippen LogP contribution in [0.5, 0.6) is 0 Å². The molecule has 0 atom stereocenters. The van der Waals surface area contributed by atoms with Crippen molar-refractivity contribution in [3.63, 3.8) is 0 Å². The van der Waals surface area contributed by atoms with Gasteiger partial charge in [0.05, 0.1) is 17.6 Å². The Hall–Kier alpha value is -1.34. The van der Waals surface area contributed by atoms with Gasteiger partial charge in [-0.3, -0.25) is 9.40 Å². The molecule has 2 aromatic heterocycles. The van der Waals surface area contributed by atoms with Gasteiger partial charge in [0.15, 0.2) is 0 Å². The van der Waals surface area contributed by atoms with Gasteiger partial charge in [-0.05, 0) is 44.2 Å². The number of nitrogens with one attached hydrogen (secondary N) is 1. The van der Waals surface area contributed by atoms with Crippen LogP contribution in [0.2, 0.25) is 0 Å². The molecule has 0 radical (unpaired) electrons. The van der Waals surface area contributed by atoms with Crippen LogP contribution < -0.4 is 4.72 Å². The van der Waals surface area contributed by atoms with E-state index in [-0.39, 0.29) is 0 Å². The molecule has 0 aliphatic rings. The van der Waals surface area contributed by atoms with Crippen LogP contribution in [-0.2, 0) is 23.0 Å². The van der Waals surface area contributed by atoms with E-state index in [1.54, 1.807) is 6.20 Å². The Balaban J connectivity index is 2.27. The molecule has 0 aliphatic carbocycles. The van der Waals surface area contributed by atoms with E-state index in [4.69, 9.17) is 0 Å². The smallest absolute Gasteiger partial charge is 0.271 e. The van der Waals surface area contributed by atoms with Crippen LogP contribution in [0.4, 0.5) is 5.69 Å². The van der Waals surface area contributed by atoms with Crippen molar-refractivity contribution in [2.45, 2.75) is 58.2 Å². The summed E-state index contributed by atoms with van der Waals surface area (Å²) >= 11 is 1.30. The average molecular weight is 356 g/mol. The van der Waals surface area contributed by atoms with Gasteiger partial charge in [-0.1, -0.05) is 20.8 Å². The first-order valence-electron chi connectivity index (χ1n) is 7.89. The van der Waals surface area contributed by atoms with Gasteiger partial charge >= 0.3 is 0 Å². The summed E-state index contributed by atoms with van der Waals surface area (Å²) in [5.74, 6) is 0.584. The summed E-state index contributed by atoms with van der Waals surface area (Å²) < 4.78 is 30.3. The molecule has 2 aromatic rings. The number of hydrogen-bond acceptors (Lipinski definition) is 4. The number of nitrogens with zero attached hydrogens (tertiary/aromatic N) is 2. The van der Waals surface area contributed by atoms with Crippen molar-refractivity contribution in [2.75, 3.05) is 4.72 Å². The van der Waals surface area contributed by atoms with Crippen molar-refractivity contribution in [1.29, 1.82) is 0 Å². The quantitative estimate of drug-likeness (QED) is 0.817. The molecule has 128 valence electrons. The fourth-order valence-corrected chi connectivity index (χ4v) is 5.26. The van der Waals surface area contributed by atoms with Gasteiger partial charge < -0.3 is 0 Å². The van der Waals surface area contributed by atoms with Crippen LogP contribution in [-0.4, -0.2) is 18.2 Å². The zero-order valence-electron chi connectivity index (χ0n) is 14.4. The van der Waals surface area contributed by atoms with Crippen LogP contribution in [0.25, 0.3) is 0 Å². The minimum atomic E-state index is -3.56. The second-order valence-corrected chi connectivity index (χ2v) is 9.33. The van der Waals surface area contributed by atoms with Crippen molar-refractivity contribution < 1.29 is 8.42 Å². The van der Waals surface area contributed by atoms with E-state index in [9.17, 15) is 8.42 Å². The summed E-state index contributed by atoms with van der Waals surface area (Å²) in [5, 5.41) is 4.36. The first kappa shape index (κ1) is 18.0. The molecule has 0 aliphatic heterocycles. The minimum Gasteiger partial charge on any atom is -0.275 e. The highest BCUT2D eigenvalue weighted by atomic mass is 32.2.